The van der Waals surface area contributed by atoms with Gasteiger partial charge < -0.3 is 15.2 Å². The molecule has 12 heteroatoms. The number of pyridine rings is 1. The summed E-state index contributed by atoms with van der Waals surface area (Å²) in [6, 6.07) is 20.6. The lowest BCUT2D eigenvalue weighted by Crippen LogP contribution is -2.38. The maximum Gasteiger partial charge on any atom is 0.292 e. The van der Waals surface area contributed by atoms with Gasteiger partial charge in [-0.3, -0.25) is 19.7 Å². The molecule has 0 atom stereocenters. The van der Waals surface area contributed by atoms with Crippen molar-refractivity contribution in [2.24, 2.45) is 0 Å². The molecule has 2 amide bonds. The molecular formula is C31H23N5O6S. The monoisotopic (exact) mass is 593 g/mol. The lowest BCUT2D eigenvalue weighted by Gasteiger charge is -2.24. The summed E-state index contributed by atoms with van der Waals surface area (Å²) < 4.78 is 10.4. The second-order valence-electron chi connectivity index (χ2n) is 9.21. The highest BCUT2D eigenvalue weighted by molar-refractivity contribution is 7.09. The van der Waals surface area contributed by atoms with Crippen molar-refractivity contribution in [3.8, 4) is 17.6 Å². The molecule has 5 rings (SSSR count). The summed E-state index contributed by atoms with van der Waals surface area (Å²) in [5.74, 6) is -0.716. The van der Waals surface area contributed by atoms with Crippen LogP contribution in [0.4, 0.5) is 17.2 Å². The smallest absolute Gasteiger partial charge is 0.292 e. The van der Waals surface area contributed by atoms with Gasteiger partial charge in [0.1, 0.15) is 23.3 Å². The summed E-state index contributed by atoms with van der Waals surface area (Å²) in [6.45, 7) is 0. The average Bonchev–Trinajstić information content (AvgIpc) is 3.54. The topological polar surface area (TPSA) is 162 Å². The maximum atomic E-state index is 14.1. The van der Waals surface area contributed by atoms with Crippen molar-refractivity contribution in [2.75, 3.05) is 24.9 Å². The summed E-state index contributed by atoms with van der Waals surface area (Å²) >= 11 is 1.41. The number of benzene rings is 3. The zero-order valence-corrected chi connectivity index (χ0v) is 23.8. The first-order valence-electron chi connectivity index (χ1n) is 12.8. The number of amides is 2. The van der Waals surface area contributed by atoms with E-state index in [4.69, 9.17) is 15.2 Å². The summed E-state index contributed by atoms with van der Waals surface area (Å²) in [4.78, 5) is 45.6. The molecule has 43 heavy (non-hydrogen) atoms. The summed E-state index contributed by atoms with van der Waals surface area (Å²) in [5, 5.41) is 24.3. The number of fused-ring (bicyclic) bond motifs is 1. The van der Waals surface area contributed by atoms with E-state index in [1.54, 1.807) is 24.3 Å². The van der Waals surface area contributed by atoms with Crippen LogP contribution in [0.2, 0.25) is 0 Å². The predicted molar refractivity (Wildman–Crippen MR) is 162 cm³/mol. The minimum absolute atomic E-state index is 0.114. The van der Waals surface area contributed by atoms with Crippen LogP contribution in [-0.2, 0) is 6.42 Å². The third kappa shape index (κ3) is 5.44. The largest absolute Gasteiger partial charge is 0.497 e. The van der Waals surface area contributed by atoms with Crippen molar-refractivity contribution >= 4 is 51.2 Å². The Balaban J connectivity index is 1.80. The number of imide groups is 1. The molecule has 214 valence electrons. The number of ether oxygens (including phenoxy) is 2. The van der Waals surface area contributed by atoms with E-state index in [1.165, 1.54) is 62.0 Å². The van der Waals surface area contributed by atoms with Crippen LogP contribution in [0.1, 0.15) is 36.7 Å². The van der Waals surface area contributed by atoms with Crippen LogP contribution in [-0.4, -0.2) is 35.9 Å². The minimum atomic E-state index is -0.747. The first-order chi connectivity index (χ1) is 20.8. The van der Waals surface area contributed by atoms with Crippen LogP contribution < -0.4 is 20.1 Å². The molecular weight excluding hydrogens is 570 g/mol. The van der Waals surface area contributed by atoms with Gasteiger partial charge in [0.25, 0.3) is 17.5 Å². The molecule has 0 aliphatic heterocycles. The Bertz CT molecular complexity index is 1840. The van der Waals surface area contributed by atoms with Crippen LogP contribution in [0.15, 0.2) is 78.2 Å². The number of thiophene rings is 1. The lowest BCUT2D eigenvalue weighted by molar-refractivity contribution is -0.383. The van der Waals surface area contributed by atoms with Crippen LogP contribution in [0.5, 0.6) is 11.5 Å². The Morgan fingerprint density at radius 1 is 0.977 bits per heavy atom. The zero-order valence-electron chi connectivity index (χ0n) is 22.9. The van der Waals surface area contributed by atoms with Crippen molar-refractivity contribution in [3.63, 3.8) is 0 Å². The average molecular weight is 594 g/mol. The Labute approximate surface area is 249 Å². The third-order valence-corrected chi connectivity index (χ3v) is 7.66. The van der Waals surface area contributed by atoms with Gasteiger partial charge in [0.15, 0.2) is 5.82 Å². The second kappa shape index (κ2) is 12.0. The number of hydrogen-bond acceptors (Lipinski definition) is 10. The van der Waals surface area contributed by atoms with E-state index in [-0.39, 0.29) is 51.2 Å². The lowest BCUT2D eigenvalue weighted by atomic mass is 9.96. The van der Waals surface area contributed by atoms with Gasteiger partial charge in [0.2, 0.25) is 0 Å². The Kier molecular flexibility index (Phi) is 8.00. The molecule has 0 fully saturated rings. The SMILES string of the molecule is COc1ccc(C(=O)N(C(=O)c2ccc(OC)cc2)c2nc3ccc([N+](=O)[O-])c(N)c3c(Cc3cccs3)c2C#N)cc1. The highest BCUT2D eigenvalue weighted by Gasteiger charge is 2.33. The molecule has 11 nitrogen and oxygen atoms in total. The quantitative estimate of drug-likeness (QED) is 0.102. The summed E-state index contributed by atoms with van der Waals surface area (Å²) in [7, 11) is 2.97. The molecule has 0 aliphatic carbocycles. The molecule has 0 bridgehead atoms. The number of nitrogens with zero attached hydrogens (tertiary/aromatic N) is 4. The molecule has 0 aliphatic rings. The van der Waals surface area contributed by atoms with Crippen molar-refractivity contribution in [1.82, 2.24) is 4.98 Å². The normalized spacial score (nSPS) is 10.6. The summed E-state index contributed by atoms with van der Waals surface area (Å²) in [5.41, 5.74) is 6.42. The molecule has 3 aromatic carbocycles. The Morgan fingerprint density at radius 2 is 1.56 bits per heavy atom. The molecule has 0 radical (unpaired) electrons. The molecule has 0 spiro atoms. The van der Waals surface area contributed by atoms with Crippen LogP contribution >= 0.6 is 11.3 Å². The fourth-order valence-corrected chi connectivity index (χ4v) is 5.37. The van der Waals surface area contributed by atoms with E-state index in [1.807, 2.05) is 17.5 Å². The van der Waals surface area contributed by atoms with Crippen LogP contribution in [0.3, 0.4) is 0 Å². The number of nitro benzene ring substituents is 1. The van der Waals surface area contributed by atoms with E-state index in [2.05, 4.69) is 11.1 Å². The number of methoxy groups -OCH3 is 2. The molecule has 2 aromatic heterocycles. The number of carbonyl (C=O) groups is 2. The number of nitro groups is 1. The number of rotatable bonds is 8. The third-order valence-electron chi connectivity index (χ3n) is 6.79. The number of nitrogen functional groups attached to an aromatic ring is 1. The van der Waals surface area contributed by atoms with Gasteiger partial charge in [-0.2, -0.15) is 5.26 Å². The van der Waals surface area contributed by atoms with Crippen molar-refractivity contribution in [2.45, 2.75) is 6.42 Å². The number of aromatic nitrogens is 1. The zero-order chi connectivity index (χ0) is 30.7. The fraction of sp³-hybridized carbons (Fsp3) is 0.0968. The number of nitriles is 1. The van der Waals surface area contributed by atoms with Gasteiger partial charge in [-0.1, -0.05) is 6.07 Å². The highest BCUT2D eigenvalue weighted by Crippen LogP contribution is 2.39. The maximum absolute atomic E-state index is 14.1. The standard InChI is InChI=1S/C31H23N5O6S/c1-41-20-9-5-18(6-10-20)30(37)35(31(38)19-7-11-21(42-2)12-8-19)29-24(17-32)23(16-22-4-3-15-43-22)27-25(34-29)13-14-26(28(27)33)36(39)40/h3-15H,16,33H2,1-2H3. The predicted octanol–water partition coefficient (Wildman–Crippen LogP) is 5.75. The first-order valence-corrected chi connectivity index (χ1v) is 13.6. The molecule has 0 saturated carbocycles. The number of nitrogens with two attached hydrogens (primary N) is 1. The van der Waals surface area contributed by atoms with E-state index in [9.17, 15) is 25.0 Å². The van der Waals surface area contributed by atoms with Crippen LogP contribution in [0, 0.1) is 21.4 Å². The number of hydrogen-bond donors (Lipinski definition) is 1. The Hall–Kier alpha value is -5.80. The van der Waals surface area contributed by atoms with E-state index in [0.717, 1.165) is 9.78 Å². The minimum Gasteiger partial charge on any atom is -0.497 e. The first kappa shape index (κ1) is 28.7. The van der Waals surface area contributed by atoms with E-state index in [0.29, 0.717) is 17.1 Å². The van der Waals surface area contributed by atoms with Gasteiger partial charge in [0.05, 0.1) is 30.2 Å². The molecule has 2 N–H and O–H groups in total. The van der Waals surface area contributed by atoms with Crippen LogP contribution in [0.25, 0.3) is 10.9 Å². The molecule has 5 aromatic rings. The highest BCUT2D eigenvalue weighted by atomic mass is 32.1. The van der Waals surface area contributed by atoms with Gasteiger partial charge in [-0.25, -0.2) is 9.88 Å². The van der Waals surface area contributed by atoms with E-state index < -0.39 is 16.7 Å². The van der Waals surface area contributed by atoms with Crippen molar-refractivity contribution in [1.29, 1.82) is 5.26 Å². The van der Waals surface area contributed by atoms with Gasteiger partial charge >= 0.3 is 0 Å². The van der Waals surface area contributed by atoms with Gasteiger partial charge in [-0.15, -0.1) is 11.3 Å². The van der Waals surface area contributed by atoms with Crippen molar-refractivity contribution in [3.05, 3.63) is 115 Å². The van der Waals surface area contributed by atoms with Gasteiger partial charge in [-0.05, 0) is 71.6 Å². The second-order valence-corrected chi connectivity index (χ2v) is 10.2. The number of carbonyl (C=O) groups excluding carboxylic acids is 2. The molecule has 0 saturated heterocycles. The number of anilines is 2. The van der Waals surface area contributed by atoms with Crippen molar-refractivity contribution < 1.29 is 24.0 Å². The molecule has 2 heterocycles. The van der Waals surface area contributed by atoms with Gasteiger partial charge in [0, 0.05) is 33.9 Å². The van der Waals surface area contributed by atoms with E-state index >= 15 is 0 Å². The Morgan fingerprint density at radius 3 is 2.02 bits per heavy atom. The fourth-order valence-electron chi connectivity index (χ4n) is 4.65. The summed E-state index contributed by atoms with van der Waals surface area (Å²) in [6.07, 6.45) is 0.152. The molecule has 0 unspecified atom stereocenters.